The Morgan fingerprint density at radius 2 is 0.726 bits per heavy atom. The lowest BCUT2D eigenvalue weighted by Gasteiger charge is -2.13. The van der Waals surface area contributed by atoms with Gasteiger partial charge < -0.3 is 9.13 Å². The summed E-state index contributed by atoms with van der Waals surface area (Å²) >= 11 is 0. The van der Waals surface area contributed by atoms with Crippen LogP contribution in [0, 0.1) is 0 Å². The van der Waals surface area contributed by atoms with Crippen molar-refractivity contribution in [3.8, 4) is 67.3 Å². The van der Waals surface area contributed by atoms with E-state index in [1.165, 1.54) is 65.9 Å². The lowest BCUT2D eigenvalue weighted by atomic mass is 9.96. The summed E-state index contributed by atoms with van der Waals surface area (Å²) in [5, 5.41) is 4.97. The van der Waals surface area contributed by atoms with Gasteiger partial charge in [0.15, 0.2) is 0 Å². The Morgan fingerprint density at radius 1 is 0.258 bits per heavy atom. The first-order valence-electron chi connectivity index (χ1n) is 21.2. The van der Waals surface area contributed by atoms with Crippen LogP contribution in [0.2, 0.25) is 0 Å². The maximum atomic E-state index is 5.12. The Hall–Kier alpha value is -8.27. The van der Waals surface area contributed by atoms with Crippen LogP contribution in [0.4, 0.5) is 0 Å². The molecule has 0 amide bonds. The molecule has 0 saturated carbocycles. The number of rotatable bonds is 7. The largest absolute Gasteiger partial charge is 0.309 e. The normalized spacial score (nSPS) is 11.5. The predicted octanol–water partition coefficient (Wildman–Crippen LogP) is 15.6. The van der Waals surface area contributed by atoms with Crippen molar-refractivity contribution < 1.29 is 0 Å². The Kier molecular flexibility index (Phi) is 8.50. The third-order valence-electron chi connectivity index (χ3n) is 12.3. The number of aromatic nitrogens is 3. The van der Waals surface area contributed by atoms with Crippen molar-refractivity contribution in [1.29, 1.82) is 0 Å². The molecule has 0 spiro atoms. The van der Waals surface area contributed by atoms with Crippen molar-refractivity contribution in [3.63, 3.8) is 0 Å². The minimum absolute atomic E-state index is 0.960. The molecule has 0 radical (unpaired) electrons. The molecule has 3 heteroatoms. The van der Waals surface area contributed by atoms with Crippen LogP contribution in [0.15, 0.2) is 237 Å². The van der Waals surface area contributed by atoms with Gasteiger partial charge in [-0.05, 0) is 94.5 Å². The van der Waals surface area contributed by atoms with Crippen LogP contribution < -0.4 is 0 Å². The minimum atomic E-state index is 0.960. The highest BCUT2D eigenvalue weighted by Crippen LogP contribution is 2.40. The number of hydrogen-bond acceptors (Lipinski definition) is 1. The quantitative estimate of drug-likeness (QED) is 0.158. The fraction of sp³-hybridized carbons (Fsp3) is 0. The van der Waals surface area contributed by atoms with E-state index in [1.807, 2.05) is 12.1 Å². The van der Waals surface area contributed by atoms with Crippen molar-refractivity contribution in [2.45, 2.75) is 0 Å². The molecule has 0 saturated heterocycles. The van der Waals surface area contributed by atoms with Gasteiger partial charge in [-0.1, -0.05) is 170 Å². The molecule has 0 aliphatic rings. The number of nitrogens with zero attached hydrogens (tertiary/aromatic N) is 3. The smallest absolute Gasteiger partial charge is 0.0715 e. The first-order chi connectivity index (χ1) is 30.7. The molecule has 62 heavy (non-hydrogen) atoms. The van der Waals surface area contributed by atoms with E-state index in [-0.39, 0.29) is 0 Å². The zero-order chi connectivity index (χ0) is 41.0. The molecule has 3 nitrogen and oxygen atoms in total. The number of benzene rings is 9. The Bertz CT molecular complexity index is 3540. The molecule has 0 unspecified atom stereocenters. The van der Waals surface area contributed by atoms with E-state index in [0.717, 1.165) is 45.0 Å². The molecule has 0 N–H and O–H groups in total. The van der Waals surface area contributed by atoms with Gasteiger partial charge in [0, 0.05) is 49.6 Å². The van der Waals surface area contributed by atoms with Gasteiger partial charge in [-0.15, -0.1) is 0 Å². The maximum Gasteiger partial charge on any atom is 0.0715 e. The van der Waals surface area contributed by atoms with Gasteiger partial charge in [-0.3, -0.25) is 0 Å². The van der Waals surface area contributed by atoms with Crippen LogP contribution in [0.25, 0.3) is 111 Å². The second-order valence-electron chi connectivity index (χ2n) is 16.0. The second kappa shape index (κ2) is 14.8. The molecule has 9 aromatic carbocycles. The maximum absolute atomic E-state index is 5.12. The van der Waals surface area contributed by atoms with E-state index in [2.05, 4.69) is 234 Å². The van der Waals surface area contributed by atoms with Crippen molar-refractivity contribution in [3.05, 3.63) is 237 Å². The standard InChI is InChI=1S/C59H39N3/c1-4-16-41(17-5-1)54-38-46(39-55(60-54)42-18-6-2-7-19-42)44-21-14-20-43(36-44)45-32-35-58-53(37-45)51-25-11-12-28-56(51)61(58)48-33-30-40(31-34-48)49-26-15-27-52-50-24-10-13-29-57(50)62(59(49)52)47-22-8-3-9-23-47/h1-39H. The van der Waals surface area contributed by atoms with Crippen LogP contribution in [-0.4, -0.2) is 14.1 Å². The molecule has 12 rings (SSSR count). The van der Waals surface area contributed by atoms with Crippen LogP contribution >= 0.6 is 0 Å². The molecule has 0 fully saturated rings. The zero-order valence-electron chi connectivity index (χ0n) is 33.9. The molecule has 12 aromatic rings. The topological polar surface area (TPSA) is 22.8 Å². The summed E-state index contributed by atoms with van der Waals surface area (Å²) in [6.07, 6.45) is 0. The molecule has 0 aliphatic heterocycles. The molecule has 0 atom stereocenters. The van der Waals surface area contributed by atoms with Gasteiger partial charge in [0.05, 0.1) is 33.5 Å². The SMILES string of the molecule is c1ccc(-c2cc(-c3cccc(-c4ccc5c(c4)c4ccccc4n5-c4ccc(-c5cccc6c7ccccc7n(-c7ccccc7)c56)cc4)c3)cc(-c3ccccc3)n2)cc1. The summed E-state index contributed by atoms with van der Waals surface area (Å²) in [6, 6.07) is 85.2. The Labute approximate surface area is 360 Å². The summed E-state index contributed by atoms with van der Waals surface area (Å²) < 4.78 is 4.82. The van der Waals surface area contributed by atoms with E-state index < -0.39 is 0 Å². The van der Waals surface area contributed by atoms with Crippen LogP contribution in [0.3, 0.4) is 0 Å². The highest BCUT2D eigenvalue weighted by atomic mass is 15.0. The summed E-state index contributed by atoms with van der Waals surface area (Å²) in [7, 11) is 0. The average Bonchev–Trinajstić information content (AvgIpc) is 3.88. The zero-order valence-corrected chi connectivity index (χ0v) is 33.9. The summed E-state index contributed by atoms with van der Waals surface area (Å²) in [6.45, 7) is 0. The van der Waals surface area contributed by atoms with Crippen molar-refractivity contribution in [2.24, 2.45) is 0 Å². The average molecular weight is 790 g/mol. The molecule has 290 valence electrons. The van der Waals surface area contributed by atoms with Gasteiger partial charge >= 0.3 is 0 Å². The second-order valence-corrected chi connectivity index (χ2v) is 16.0. The van der Waals surface area contributed by atoms with Gasteiger partial charge in [0.1, 0.15) is 0 Å². The number of pyridine rings is 1. The van der Waals surface area contributed by atoms with E-state index in [0.29, 0.717) is 0 Å². The van der Waals surface area contributed by atoms with Gasteiger partial charge in [-0.2, -0.15) is 0 Å². The van der Waals surface area contributed by atoms with E-state index in [9.17, 15) is 0 Å². The Balaban J connectivity index is 0.945. The van der Waals surface area contributed by atoms with E-state index in [1.54, 1.807) is 0 Å². The molecule has 0 bridgehead atoms. The lowest BCUT2D eigenvalue weighted by molar-refractivity contribution is 1.17. The van der Waals surface area contributed by atoms with Crippen LogP contribution in [0.5, 0.6) is 0 Å². The van der Waals surface area contributed by atoms with Crippen LogP contribution in [0.1, 0.15) is 0 Å². The molecule has 3 aromatic heterocycles. The summed E-state index contributed by atoms with van der Waals surface area (Å²) in [5.41, 5.74) is 18.2. The third-order valence-corrected chi connectivity index (χ3v) is 12.3. The number of fused-ring (bicyclic) bond motifs is 6. The lowest BCUT2D eigenvalue weighted by Crippen LogP contribution is -1.96. The first kappa shape index (κ1) is 35.7. The summed E-state index contributed by atoms with van der Waals surface area (Å²) in [5.74, 6) is 0. The molecule has 0 aliphatic carbocycles. The van der Waals surface area contributed by atoms with Crippen molar-refractivity contribution in [2.75, 3.05) is 0 Å². The van der Waals surface area contributed by atoms with Crippen LogP contribution in [-0.2, 0) is 0 Å². The highest BCUT2D eigenvalue weighted by molar-refractivity contribution is 6.14. The summed E-state index contributed by atoms with van der Waals surface area (Å²) in [4.78, 5) is 5.12. The van der Waals surface area contributed by atoms with Gasteiger partial charge in [-0.25, -0.2) is 4.98 Å². The van der Waals surface area contributed by atoms with Gasteiger partial charge in [0.25, 0.3) is 0 Å². The Morgan fingerprint density at radius 3 is 1.40 bits per heavy atom. The van der Waals surface area contributed by atoms with E-state index >= 15 is 0 Å². The minimum Gasteiger partial charge on any atom is -0.309 e. The third kappa shape index (κ3) is 6.02. The van der Waals surface area contributed by atoms with Crippen molar-refractivity contribution >= 4 is 43.6 Å². The fourth-order valence-corrected chi connectivity index (χ4v) is 9.41. The fourth-order valence-electron chi connectivity index (χ4n) is 9.41. The molecular formula is C59H39N3. The van der Waals surface area contributed by atoms with Crippen molar-refractivity contribution in [1.82, 2.24) is 14.1 Å². The molecular weight excluding hydrogens is 751 g/mol. The monoisotopic (exact) mass is 789 g/mol. The molecule has 3 heterocycles. The highest BCUT2D eigenvalue weighted by Gasteiger charge is 2.18. The first-order valence-corrected chi connectivity index (χ1v) is 21.2. The van der Waals surface area contributed by atoms with Gasteiger partial charge in [0.2, 0.25) is 0 Å². The number of hydrogen-bond donors (Lipinski definition) is 0. The predicted molar refractivity (Wildman–Crippen MR) is 260 cm³/mol. The number of para-hydroxylation sites is 4. The van der Waals surface area contributed by atoms with E-state index in [4.69, 9.17) is 4.98 Å².